The third-order valence-electron chi connectivity index (χ3n) is 3.97. The van der Waals surface area contributed by atoms with E-state index in [-0.39, 0.29) is 0 Å². The van der Waals surface area contributed by atoms with Crippen LogP contribution in [-0.2, 0) is 5.54 Å². The maximum absolute atomic E-state index is 9.22. The van der Waals surface area contributed by atoms with E-state index in [0.717, 1.165) is 17.5 Å². The fourth-order valence-corrected chi connectivity index (χ4v) is 3.14. The maximum Gasteiger partial charge on any atom is 0.101 e. The molecule has 108 valence electrons. The molecule has 0 saturated heterocycles. The molecule has 21 heavy (non-hydrogen) atoms. The molecule has 0 radical (unpaired) electrons. The summed E-state index contributed by atoms with van der Waals surface area (Å²) < 4.78 is 0. The van der Waals surface area contributed by atoms with Gasteiger partial charge in [-0.15, -0.1) is 0 Å². The van der Waals surface area contributed by atoms with Crippen LogP contribution in [-0.4, -0.2) is 7.05 Å². The van der Waals surface area contributed by atoms with Crippen LogP contribution in [0.5, 0.6) is 0 Å². The predicted molar refractivity (Wildman–Crippen MR) is 87.2 cm³/mol. The molecule has 0 heterocycles. The third-order valence-corrected chi connectivity index (χ3v) is 4.28. The molecular weight excluding hydrogens is 282 g/mol. The zero-order valence-corrected chi connectivity index (χ0v) is 12.9. The number of nitrogens with zero attached hydrogens (tertiary/aromatic N) is 1. The van der Waals surface area contributed by atoms with Crippen molar-refractivity contribution in [3.05, 3.63) is 64.2 Å². The number of hydrogen-bond acceptors (Lipinski definition) is 3. The molecule has 0 amide bonds. The molecule has 0 aliphatic heterocycles. The Hall–Kier alpha value is -2.02. The van der Waals surface area contributed by atoms with Crippen LogP contribution in [0.3, 0.4) is 0 Å². The van der Waals surface area contributed by atoms with Crippen molar-refractivity contribution >= 4 is 17.3 Å². The first-order valence-corrected chi connectivity index (χ1v) is 7.21. The summed E-state index contributed by atoms with van der Waals surface area (Å²) in [5.41, 5.74) is 8.41. The summed E-state index contributed by atoms with van der Waals surface area (Å²) in [5, 5.41) is 13.1. The second-order valence-corrected chi connectivity index (χ2v) is 5.28. The molecule has 0 aromatic heterocycles. The van der Waals surface area contributed by atoms with Crippen LogP contribution in [0.1, 0.15) is 30.0 Å². The van der Waals surface area contributed by atoms with Crippen molar-refractivity contribution in [2.24, 2.45) is 0 Å². The van der Waals surface area contributed by atoms with E-state index in [1.165, 1.54) is 0 Å². The Morgan fingerprint density at radius 3 is 2.43 bits per heavy atom. The molecule has 3 nitrogen and oxygen atoms in total. The fourth-order valence-electron chi connectivity index (χ4n) is 2.82. The summed E-state index contributed by atoms with van der Waals surface area (Å²) in [6.45, 7) is 2.07. The van der Waals surface area contributed by atoms with Gasteiger partial charge in [0.25, 0.3) is 0 Å². The average Bonchev–Trinajstić information content (AvgIpc) is 2.53. The van der Waals surface area contributed by atoms with Gasteiger partial charge in [0.2, 0.25) is 0 Å². The van der Waals surface area contributed by atoms with E-state index in [0.29, 0.717) is 16.3 Å². The van der Waals surface area contributed by atoms with Gasteiger partial charge in [-0.25, -0.2) is 0 Å². The quantitative estimate of drug-likeness (QED) is 0.847. The van der Waals surface area contributed by atoms with Crippen molar-refractivity contribution in [2.75, 3.05) is 12.8 Å². The number of rotatable bonds is 4. The van der Waals surface area contributed by atoms with Gasteiger partial charge < -0.3 is 11.1 Å². The van der Waals surface area contributed by atoms with Crippen molar-refractivity contribution < 1.29 is 0 Å². The molecule has 4 heteroatoms. The van der Waals surface area contributed by atoms with E-state index in [4.69, 9.17) is 17.3 Å². The normalized spacial score (nSPS) is 13.4. The van der Waals surface area contributed by atoms with Gasteiger partial charge >= 0.3 is 0 Å². The second-order valence-electron chi connectivity index (χ2n) is 4.87. The Kier molecular flexibility index (Phi) is 4.52. The minimum Gasteiger partial charge on any atom is -0.397 e. The average molecular weight is 300 g/mol. The number of nitrogen functional groups attached to an aromatic ring is 1. The lowest BCUT2D eigenvalue weighted by atomic mass is 9.79. The van der Waals surface area contributed by atoms with Gasteiger partial charge in [0.05, 0.1) is 16.8 Å². The summed E-state index contributed by atoms with van der Waals surface area (Å²) in [6.07, 6.45) is 0.756. The summed E-state index contributed by atoms with van der Waals surface area (Å²) in [5.74, 6) is 0. The summed E-state index contributed by atoms with van der Waals surface area (Å²) in [4.78, 5) is 0. The lowest BCUT2D eigenvalue weighted by Crippen LogP contribution is -2.41. The van der Waals surface area contributed by atoms with Crippen LogP contribution in [0.4, 0.5) is 5.69 Å². The summed E-state index contributed by atoms with van der Waals surface area (Å²) in [6, 6.07) is 15.5. The molecular formula is C17H18ClN3. The molecule has 2 rings (SSSR count). The van der Waals surface area contributed by atoms with Gasteiger partial charge in [0.15, 0.2) is 0 Å². The van der Waals surface area contributed by atoms with E-state index in [2.05, 4.69) is 18.3 Å². The number of nitrogens with one attached hydrogen (secondary N) is 1. The van der Waals surface area contributed by atoms with Crippen molar-refractivity contribution in [1.82, 2.24) is 5.32 Å². The maximum atomic E-state index is 9.22. The predicted octanol–water partition coefficient (Wildman–Crippen LogP) is 3.67. The highest BCUT2D eigenvalue weighted by Gasteiger charge is 2.35. The molecule has 0 saturated carbocycles. The van der Waals surface area contributed by atoms with Crippen LogP contribution < -0.4 is 11.1 Å². The van der Waals surface area contributed by atoms with E-state index in [1.54, 1.807) is 12.1 Å². The SMILES string of the molecule is CCC(NC)(c1ccccc1)c1c(Cl)ccc(C#N)c1N. The van der Waals surface area contributed by atoms with E-state index in [1.807, 2.05) is 37.4 Å². The Labute approximate surface area is 130 Å². The van der Waals surface area contributed by atoms with Crippen LogP contribution >= 0.6 is 11.6 Å². The van der Waals surface area contributed by atoms with Crippen LogP contribution in [0.25, 0.3) is 0 Å². The van der Waals surface area contributed by atoms with Gasteiger partial charge in [0, 0.05) is 10.6 Å². The highest BCUT2D eigenvalue weighted by atomic mass is 35.5. The summed E-state index contributed by atoms with van der Waals surface area (Å²) >= 11 is 6.42. The van der Waals surface area contributed by atoms with E-state index in [9.17, 15) is 5.26 Å². The Morgan fingerprint density at radius 1 is 1.24 bits per heavy atom. The van der Waals surface area contributed by atoms with Crippen molar-refractivity contribution in [3.63, 3.8) is 0 Å². The van der Waals surface area contributed by atoms with Crippen LogP contribution in [0, 0.1) is 11.3 Å². The first-order chi connectivity index (χ1) is 10.1. The molecule has 1 atom stereocenters. The zero-order chi connectivity index (χ0) is 15.5. The van der Waals surface area contributed by atoms with Gasteiger partial charge in [0.1, 0.15) is 6.07 Å². The van der Waals surface area contributed by atoms with E-state index >= 15 is 0 Å². The molecule has 0 spiro atoms. The molecule has 2 aromatic rings. The molecule has 0 aliphatic rings. The van der Waals surface area contributed by atoms with Crippen LogP contribution in [0.15, 0.2) is 42.5 Å². The van der Waals surface area contributed by atoms with Gasteiger partial charge in [-0.1, -0.05) is 48.9 Å². The van der Waals surface area contributed by atoms with Crippen molar-refractivity contribution in [1.29, 1.82) is 5.26 Å². The lowest BCUT2D eigenvalue weighted by molar-refractivity contribution is 0.425. The van der Waals surface area contributed by atoms with Crippen molar-refractivity contribution in [2.45, 2.75) is 18.9 Å². The van der Waals surface area contributed by atoms with Gasteiger partial charge in [-0.05, 0) is 31.2 Å². The van der Waals surface area contributed by atoms with Gasteiger partial charge in [-0.3, -0.25) is 0 Å². The smallest absolute Gasteiger partial charge is 0.101 e. The number of benzene rings is 2. The first kappa shape index (κ1) is 15.4. The number of halogens is 1. The number of hydrogen-bond donors (Lipinski definition) is 2. The second kappa shape index (κ2) is 6.17. The fraction of sp³-hybridized carbons (Fsp3) is 0.235. The highest BCUT2D eigenvalue weighted by molar-refractivity contribution is 6.32. The number of anilines is 1. The standard InChI is InChI=1S/C17H18ClN3/c1-3-17(21-2,13-7-5-4-6-8-13)15-14(18)10-9-12(11-19)16(15)20/h4-10,21H,3,20H2,1-2H3. The molecule has 0 bridgehead atoms. The van der Waals surface area contributed by atoms with Gasteiger partial charge in [-0.2, -0.15) is 5.26 Å². The largest absolute Gasteiger partial charge is 0.397 e. The zero-order valence-electron chi connectivity index (χ0n) is 12.2. The Morgan fingerprint density at radius 2 is 1.90 bits per heavy atom. The summed E-state index contributed by atoms with van der Waals surface area (Å²) in [7, 11) is 1.88. The lowest BCUT2D eigenvalue weighted by Gasteiger charge is -2.35. The minimum atomic E-state index is -0.519. The molecule has 2 aromatic carbocycles. The monoisotopic (exact) mass is 299 g/mol. The molecule has 0 fully saturated rings. The Balaban J connectivity index is 2.79. The highest BCUT2D eigenvalue weighted by Crippen LogP contribution is 2.41. The molecule has 3 N–H and O–H groups in total. The minimum absolute atomic E-state index is 0.435. The van der Waals surface area contributed by atoms with E-state index < -0.39 is 5.54 Å². The van der Waals surface area contributed by atoms with Crippen LogP contribution in [0.2, 0.25) is 5.02 Å². The first-order valence-electron chi connectivity index (χ1n) is 6.83. The Bertz CT molecular complexity index is 670. The topological polar surface area (TPSA) is 61.8 Å². The molecule has 0 aliphatic carbocycles. The number of nitrogens with two attached hydrogens (primary N) is 1. The number of nitriles is 1. The molecule has 1 unspecified atom stereocenters. The third kappa shape index (κ3) is 2.49. The van der Waals surface area contributed by atoms with Crippen molar-refractivity contribution in [3.8, 4) is 6.07 Å².